The van der Waals surface area contributed by atoms with Gasteiger partial charge in [0.15, 0.2) is 0 Å². The zero-order valence-corrected chi connectivity index (χ0v) is 12.5. The first-order valence-corrected chi connectivity index (χ1v) is 8.10. The molecule has 0 aliphatic heterocycles. The molecule has 1 aliphatic carbocycles. The highest BCUT2D eigenvalue weighted by Gasteiger charge is 2.36. The Kier molecular flexibility index (Phi) is 4.45. The van der Waals surface area contributed by atoms with E-state index in [2.05, 4.69) is 4.74 Å². The van der Waals surface area contributed by atoms with Crippen molar-refractivity contribution in [3.05, 3.63) is 29.8 Å². The molecule has 5 nitrogen and oxygen atoms in total. The fraction of sp³-hybridized carbons (Fsp3) is 0.500. The van der Waals surface area contributed by atoms with Gasteiger partial charge in [0.1, 0.15) is 0 Å². The molecule has 6 heteroatoms. The van der Waals surface area contributed by atoms with Gasteiger partial charge in [-0.15, -0.1) is 0 Å². The molecule has 0 amide bonds. The van der Waals surface area contributed by atoms with Crippen molar-refractivity contribution in [3.63, 3.8) is 0 Å². The predicted molar refractivity (Wildman–Crippen MR) is 74.7 cm³/mol. The number of esters is 1. The molecule has 0 aromatic heterocycles. The van der Waals surface area contributed by atoms with Crippen LogP contribution in [0, 0.1) is 0 Å². The van der Waals surface area contributed by atoms with Crippen LogP contribution in [0.15, 0.2) is 29.2 Å². The van der Waals surface area contributed by atoms with Gasteiger partial charge in [-0.2, -0.15) is 4.31 Å². The van der Waals surface area contributed by atoms with Crippen molar-refractivity contribution in [2.75, 3.05) is 13.7 Å². The second-order valence-corrected chi connectivity index (χ2v) is 6.73. The van der Waals surface area contributed by atoms with E-state index < -0.39 is 10.0 Å². The maximum absolute atomic E-state index is 12.5. The van der Waals surface area contributed by atoms with Crippen LogP contribution >= 0.6 is 0 Å². The molecule has 1 aromatic rings. The fourth-order valence-electron chi connectivity index (χ4n) is 2.14. The van der Waals surface area contributed by atoms with Crippen LogP contribution in [0.25, 0.3) is 0 Å². The molecule has 1 aromatic carbocycles. The number of hydrogen-bond donors (Lipinski definition) is 0. The van der Waals surface area contributed by atoms with Gasteiger partial charge in [-0.3, -0.25) is 4.79 Å². The summed E-state index contributed by atoms with van der Waals surface area (Å²) in [4.78, 5) is 11.4. The molecule has 20 heavy (non-hydrogen) atoms. The van der Waals surface area contributed by atoms with Gasteiger partial charge < -0.3 is 4.74 Å². The summed E-state index contributed by atoms with van der Waals surface area (Å²) in [5.41, 5.74) is 0.741. The summed E-state index contributed by atoms with van der Waals surface area (Å²) in [6.07, 6.45) is 2.03. The van der Waals surface area contributed by atoms with E-state index >= 15 is 0 Å². The summed E-state index contributed by atoms with van der Waals surface area (Å²) in [6.45, 7) is 2.33. The lowest BCUT2D eigenvalue weighted by atomic mass is 10.2. The van der Waals surface area contributed by atoms with Gasteiger partial charge in [0.2, 0.25) is 10.0 Å². The normalized spacial score (nSPS) is 15.3. The summed E-state index contributed by atoms with van der Waals surface area (Å²) in [5.74, 6) is -0.339. The zero-order chi connectivity index (χ0) is 14.8. The number of ether oxygens (including phenoxy) is 1. The van der Waals surface area contributed by atoms with Gasteiger partial charge in [-0.25, -0.2) is 8.42 Å². The van der Waals surface area contributed by atoms with Crippen molar-refractivity contribution in [1.29, 1.82) is 0 Å². The van der Waals surface area contributed by atoms with Gasteiger partial charge in [0.05, 0.1) is 18.4 Å². The molecule has 1 fully saturated rings. The average Bonchev–Trinajstić information content (AvgIpc) is 3.24. The Hall–Kier alpha value is -1.40. The SMILES string of the molecule is CCN(C1CC1)S(=O)(=O)c1ccc(CC(=O)OC)cc1. The summed E-state index contributed by atoms with van der Waals surface area (Å²) in [5, 5.41) is 0. The fourth-order valence-corrected chi connectivity index (χ4v) is 3.83. The van der Waals surface area contributed by atoms with E-state index in [9.17, 15) is 13.2 Å². The third-order valence-corrected chi connectivity index (χ3v) is 5.41. The maximum atomic E-state index is 12.5. The maximum Gasteiger partial charge on any atom is 0.309 e. The Morgan fingerprint density at radius 1 is 1.30 bits per heavy atom. The van der Waals surface area contributed by atoms with E-state index in [1.54, 1.807) is 28.6 Å². The van der Waals surface area contributed by atoms with Gasteiger partial charge in [0, 0.05) is 12.6 Å². The quantitative estimate of drug-likeness (QED) is 0.748. The van der Waals surface area contributed by atoms with Crippen molar-refractivity contribution in [2.45, 2.75) is 37.1 Å². The van der Waals surface area contributed by atoms with Crippen LogP contribution < -0.4 is 0 Å². The zero-order valence-electron chi connectivity index (χ0n) is 11.7. The van der Waals surface area contributed by atoms with Crippen LogP contribution in [0.2, 0.25) is 0 Å². The predicted octanol–water partition coefficient (Wildman–Crippen LogP) is 1.58. The Labute approximate surface area is 119 Å². The molecule has 0 atom stereocenters. The van der Waals surface area contributed by atoms with Crippen molar-refractivity contribution >= 4 is 16.0 Å². The molecule has 110 valence electrons. The van der Waals surface area contributed by atoms with Crippen LogP contribution in [0.5, 0.6) is 0 Å². The molecule has 1 aliphatic rings. The first-order chi connectivity index (χ1) is 9.48. The lowest BCUT2D eigenvalue weighted by molar-refractivity contribution is -0.139. The number of rotatable bonds is 6. The largest absolute Gasteiger partial charge is 0.469 e. The second kappa shape index (κ2) is 5.93. The number of sulfonamides is 1. The number of nitrogens with zero attached hydrogens (tertiary/aromatic N) is 1. The summed E-state index contributed by atoms with van der Waals surface area (Å²) in [6, 6.07) is 6.58. The first-order valence-electron chi connectivity index (χ1n) is 6.66. The van der Waals surface area contributed by atoms with Crippen LogP contribution in [-0.2, 0) is 26.0 Å². The monoisotopic (exact) mass is 297 g/mol. The minimum Gasteiger partial charge on any atom is -0.469 e. The molecule has 0 spiro atoms. The Balaban J connectivity index is 2.18. The molecular formula is C14H19NO4S. The van der Waals surface area contributed by atoms with E-state index in [-0.39, 0.29) is 23.3 Å². The molecule has 0 unspecified atom stereocenters. The topological polar surface area (TPSA) is 63.7 Å². The third-order valence-electron chi connectivity index (χ3n) is 3.37. The molecule has 0 bridgehead atoms. The summed E-state index contributed by atoms with van der Waals surface area (Å²) < 4.78 is 31.1. The Morgan fingerprint density at radius 2 is 1.90 bits per heavy atom. The second-order valence-electron chi connectivity index (χ2n) is 4.84. The molecule has 2 rings (SSSR count). The number of hydrogen-bond acceptors (Lipinski definition) is 4. The highest BCUT2D eigenvalue weighted by molar-refractivity contribution is 7.89. The first kappa shape index (κ1) is 15.0. The van der Waals surface area contributed by atoms with Gasteiger partial charge in [-0.1, -0.05) is 19.1 Å². The van der Waals surface area contributed by atoms with E-state index in [0.29, 0.717) is 6.54 Å². The molecular weight excluding hydrogens is 278 g/mol. The van der Waals surface area contributed by atoms with Crippen LogP contribution in [-0.4, -0.2) is 38.4 Å². The van der Waals surface area contributed by atoms with Crippen LogP contribution in [0.1, 0.15) is 25.3 Å². The highest BCUT2D eigenvalue weighted by Crippen LogP contribution is 2.31. The third kappa shape index (κ3) is 3.19. The molecule has 0 radical (unpaired) electrons. The number of methoxy groups -OCH3 is 1. The van der Waals surface area contributed by atoms with Crippen molar-refractivity contribution in [3.8, 4) is 0 Å². The van der Waals surface area contributed by atoms with Crippen LogP contribution in [0.4, 0.5) is 0 Å². The van der Waals surface area contributed by atoms with Gasteiger partial charge in [0.25, 0.3) is 0 Å². The van der Waals surface area contributed by atoms with E-state index in [0.717, 1.165) is 18.4 Å². The lowest BCUT2D eigenvalue weighted by Crippen LogP contribution is -2.32. The molecule has 0 heterocycles. The lowest BCUT2D eigenvalue weighted by Gasteiger charge is -2.20. The van der Waals surface area contributed by atoms with Crippen molar-refractivity contribution in [2.24, 2.45) is 0 Å². The molecule has 0 saturated heterocycles. The van der Waals surface area contributed by atoms with E-state index in [4.69, 9.17) is 0 Å². The number of carbonyl (C=O) groups excluding carboxylic acids is 1. The standard InChI is InChI=1S/C14H19NO4S/c1-3-15(12-6-7-12)20(17,18)13-8-4-11(5-9-13)10-14(16)19-2/h4-5,8-9,12H,3,6-7,10H2,1-2H3. The van der Waals surface area contributed by atoms with Crippen molar-refractivity contribution < 1.29 is 17.9 Å². The van der Waals surface area contributed by atoms with E-state index in [1.807, 2.05) is 6.92 Å². The van der Waals surface area contributed by atoms with Crippen LogP contribution in [0.3, 0.4) is 0 Å². The summed E-state index contributed by atoms with van der Waals surface area (Å²) >= 11 is 0. The Bertz CT molecular complexity index is 576. The average molecular weight is 297 g/mol. The smallest absolute Gasteiger partial charge is 0.309 e. The number of benzene rings is 1. The Morgan fingerprint density at radius 3 is 2.35 bits per heavy atom. The highest BCUT2D eigenvalue weighted by atomic mass is 32.2. The van der Waals surface area contributed by atoms with Crippen molar-refractivity contribution in [1.82, 2.24) is 4.31 Å². The summed E-state index contributed by atoms with van der Waals surface area (Å²) in [7, 11) is -2.09. The molecule has 0 N–H and O–H groups in total. The molecule has 1 saturated carbocycles. The minimum atomic E-state index is -3.42. The van der Waals surface area contributed by atoms with Gasteiger partial charge >= 0.3 is 5.97 Å². The number of carbonyl (C=O) groups is 1. The van der Waals surface area contributed by atoms with E-state index in [1.165, 1.54) is 7.11 Å². The minimum absolute atomic E-state index is 0.150. The van der Waals surface area contributed by atoms with Gasteiger partial charge in [-0.05, 0) is 30.5 Å².